The molecule has 0 bridgehead atoms. The van der Waals surface area contributed by atoms with Crippen LogP contribution in [0, 0.1) is 11.6 Å². The third-order valence-electron chi connectivity index (χ3n) is 3.69. The van der Waals surface area contributed by atoms with E-state index in [1.807, 2.05) is 0 Å². The molecule has 0 heterocycles. The van der Waals surface area contributed by atoms with Crippen molar-refractivity contribution in [2.24, 2.45) is 0 Å². The van der Waals surface area contributed by atoms with Gasteiger partial charge in [-0.2, -0.15) is 4.31 Å². The van der Waals surface area contributed by atoms with Crippen LogP contribution in [0.15, 0.2) is 41.3 Å². The predicted molar refractivity (Wildman–Crippen MR) is 95.9 cm³/mol. The van der Waals surface area contributed by atoms with Crippen LogP contribution in [0.25, 0.3) is 0 Å². The van der Waals surface area contributed by atoms with Gasteiger partial charge in [-0.3, -0.25) is 4.79 Å². The molecule has 2 rings (SSSR count). The Morgan fingerprint density at radius 3 is 2.35 bits per heavy atom. The van der Waals surface area contributed by atoms with Crippen molar-refractivity contribution in [2.75, 3.05) is 18.4 Å². The molecule has 5 nitrogen and oxygen atoms in total. The lowest BCUT2D eigenvalue weighted by atomic mass is 10.2. The first-order chi connectivity index (χ1) is 12.2. The van der Waals surface area contributed by atoms with E-state index in [-0.39, 0.29) is 34.3 Å². The third-order valence-corrected chi connectivity index (χ3v) is 6.22. The second-order valence-corrected chi connectivity index (χ2v) is 7.63. The highest BCUT2D eigenvalue weighted by atomic mass is 35.5. The van der Waals surface area contributed by atoms with Gasteiger partial charge in [0, 0.05) is 24.8 Å². The van der Waals surface area contributed by atoms with E-state index in [1.165, 1.54) is 22.5 Å². The Morgan fingerprint density at radius 2 is 1.77 bits per heavy atom. The first-order valence-corrected chi connectivity index (χ1v) is 9.58. The summed E-state index contributed by atoms with van der Waals surface area (Å²) in [4.78, 5) is 12.0. The molecule has 1 N–H and O–H groups in total. The van der Waals surface area contributed by atoms with Crippen LogP contribution < -0.4 is 5.32 Å². The third kappa shape index (κ3) is 4.20. The van der Waals surface area contributed by atoms with Gasteiger partial charge in [0.1, 0.15) is 16.5 Å². The van der Waals surface area contributed by atoms with Crippen LogP contribution in [-0.4, -0.2) is 31.7 Å². The van der Waals surface area contributed by atoms with Crippen molar-refractivity contribution in [1.82, 2.24) is 4.31 Å². The average molecular weight is 403 g/mol. The summed E-state index contributed by atoms with van der Waals surface area (Å²) in [7, 11) is -3.84. The summed E-state index contributed by atoms with van der Waals surface area (Å²) in [5, 5.41) is 2.39. The summed E-state index contributed by atoms with van der Waals surface area (Å²) in [6.45, 7) is 3.90. The lowest BCUT2D eigenvalue weighted by molar-refractivity contribution is 0.102. The number of halogens is 3. The second-order valence-electron chi connectivity index (χ2n) is 5.31. The van der Waals surface area contributed by atoms with Gasteiger partial charge in [-0.25, -0.2) is 17.2 Å². The molecule has 2 aromatic rings. The van der Waals surface area contributed by atoms with Crippen molar-refractivity contribution in [3.05, 3.63) is 58.6 Å². The van der Waals surface area contributed by atoms with Crippen LogP contribution in [0.3, 0.4) is 0 Å². The molecule has 9 heteroatoms. The highest BCUT2D eigenvalue weighted by Gasteiger charge is 2.25. The molecule has 140 valence electrons. The number of nitrogens with one attached hydrogen (secondary N) is 1. The zero-order chi connectivity index (χ0) is 19.5. The number of anilines is 1. The van der Waals surface area contributed by atoms with Crippen molar-refractivity contribution >= 4 is 33.2 Å². The van der Waals surface area contributed by atoms with E-state index in [0.717, 1.165) is 12.1 Å². The van der Waals surface area contributed by atoms with Gasteiger partial charge in [0.25, 0.3) is 5.91 Å². The molecule has 2 aromatic carbocycles. The molecule has 0 saturated heterocycles. The normalized spacial score (nSPS) is 11.6. The number of amides is 1. The maximum absolute atomic E-state index is 13.7. The van der Waals surface area contributed by atoms with Crippen LogP contribution in [0.5, 0.6) is 0 Å². The molecule has 0 aliphatic heterocycles. The number of nitrogens with zero attached hydrogens (tertiary/aromatic N) is 1. The molecular weight excluding hydrogens is 386 g/mol. The van der Waals surface area contributed by atoms with Crippen molar-refractivity contribution in [2.45, 2.75) is 18.7 Å². The highest BCUT2D eigenvalue weighted by molar-refractivity contribution is 7.89. The first-order valence-electron chi connectivity index (χ1n) is 7.76. The maximum Gasteiger partial charge on any atom is 0.258 e. The number of benzene rings is 2. The van der Waals surface area contributed by atoms with Crippen molar-refractivity contribution < 1.29 is 22.0 Å². The van der Waals surface area contributed by atoms with Crippen molar-refractivity contribution in [1.29, 1.82) is 0 Å². The molecule has 0 unspecified atom stereocenters. The zero-order valence-corrected chi connectivity index (χ0v) is 15.7. The monoisotopic (exact) mass is 402 g/mol. The minimum atomic E-state index is -3.84. The largest absolute Gasteiger partial charge is 0.322 e. The van der Waals surface area contributed by atoms with Crippen LogP contribution >= 0.6 is 11.6 Å². The van der Waals surface area contributed by atoms with E-state index in [2.05, 4.69) is 5.32 Å². The Labute approximate surface area is 155 Å². The summed E-state index contributed by atoms with van der Waals surface area (Å²) < 4.78 is 53.2. The Hall–Kier alpha value is -2.03. The summed E-state index contributed by atoms with van der Waals surface area (Å²) in [5.41, 5.74) is -0.247. The zero-order valence-electron chi connectivity index (χ0n) is 14.1. The molecule has 0 atom stereocenters. The van der Waals surface area contributed by atoms with Crippen molar-refractivity contribution in [3.8, 4) is 0 Å². The fraction of sp³-hybridized carbons (Fsp3) is 0.235. The van der Waals surface area contributed by atoms with Gasteiger partial charge < -0.3 is 5.32 Å². The molecule has 0 radical (unpaired) electrons. The van der Waals surface area contributed by atoms with Gasteiger partial charge in [-0.1, -0.05) is 25.4 Å². The fourth-order valence-electron chi connectivity index (χ4n) is 2.35. The molecule has 0 fully saturated rings. The summed E-state index contributed by atoms with van der Waals surface area (Å²) >= 11 is 6.01. The number of hydrogen-bond acceptors (Lipinski definition) is 3. The smallest absolute Gasteiger partial charge is 0.258 e. The van der Waals surface area contributed by atoms with E-state index in [1.54, 1.807) is 13.8 Å². The van der Waals surface area contributed by atoms with Crippen LogP contribution in [0.2, 0.25) is 5.02 Å². The lowest BCUT2D eigenvalue weighted by Gasteiger charge is -2.19. The van der Waals surface area contributed by atoms with Crippen LogP contribution in [-0.2, 0) is 10.0 Å². The standard InChI is InChI=1S/C17H17ClF2N2O3S/c1-3-22(4-2)26(24,25)16-10-12(6-8-14(16)18)21-17(23)13-7-5-11(19)9-15(13)20/h5-10H,3-4H2,1-2H3,(H,21,23). The summed E-state index contributed by atoms with van der Waals surface area (Å²) in [6, 6.07) is 6.47. The predicted octanol–water partition coefficient (Wildman–Crippen LogP) is 3.90. The highest BCUT2D eigenvalue weighted by Crippen LogP contribution is 2.28. The van der Waals surface area contributed by atoms with Crippen LogP contribution in [0.1, 0.15) is 24.2 Å². The van der Waals surface area contributed by atoms with Gasteiger partial charge >= 0.3 is 0 Å². The SMILES string of the molecule is CCN(CC)S(=O)(=O)c1cc(NC(=O)c2ccc(F)cc2F)ccc1Cl. The van der Waals surface area contributed by atoms with E-state index in [0.29, 0.717) is 6.07 Å². The second kappa shape index (κ2) is 8.11. The summed E-state index contributed by atoms with van der Waals surface area (Å²) in [6.07, 6.45) is 0. The van der Waals surface area contributed by atoms with E-state index < -0.39 is 27.6 Å². The molecule has 0 saturated carbocycles. The minimum absolute atomic E-state index is 0.00265. The first kappa shape index (κ1) is 20.3. The molecular formula is C17H17ClF2N2O3S. The lowest BCUT2D eigenvalue weighted by Crippen LogP contribution is -2.30. The van der Waals surface area contributed by atoms with E-state index in [4.69, 9.17) is 11.6 Å². The molecule has 0 aliphatic rings. The maximum atomic E-state index is 13.7. The van der Waals surface area contributed by atoms with E-state index >= 15 is 0 Å². The quantitative estimate of drug-likeness (QED) is 0.796. The van der Waals surface area contributed by atoms with Gasteiger partial charge in [0.05, 0.1) is 10.6 Å². The number of hydrogen-bond donors (Lipinski definition) is 1. The average Bonchev–Trinajstić information content (AvgIpc) is 2.57. The van der Waals surface area contributed by atoms with E-state index in [9.17, 15) is 22.0 Å². The van der Waals surface area contributed by atoms with Gasteiger partial charge in [0.15, 0.2) is 0 Å². The Balaban J connectivity index is 2.36. The molecule has 0 spiro atoms. The molecule has 0 aromatic heterocycles. The Kier molecular flexibility index (Phi) is 6.33. The minimum Gasteiger partial charge on any atom is -0.322 e. The molecule has 1 amide bonds. The molecule has 0 aliphatic carbocycles. The number of carbonyl (C=O) groups is 1. The fourth-order valence-corrected chi connectivity index (χ4v) is 4.31. The van der Waals surface area contributed by atoms with Crippen LogP contribution in [0.4, 0.5) is 14.5 Å². The van der Waals surface area contributed by atoms with Gasteiger partial charge in [0.2, 0.25) is 10.0 Å². The Morgan fingerprint density at radius 1 is 1.12 bits per heavy atom. The van der Waals surface area contributed by atoms with Crippen molar-refractivity contribution in [3.63, 3.8) is 0 Å². The number of carbonyl (C=O) groups excluding carboxylic acids is 1. The number of sulfonamides is 1. The topological polar surface area (TPSA) is 66.5 Å². The number of rotatable bonds is 6. The van der Waals surface area contributed by atoms with Gasteiger partial charge in [-0.05, 0) is 30.3 Å². The Bertz CT molecular complexity index is 932. The van der Waals surface area contributed by atoms with Gasteiger partial charge in [-0.15, -0.1) is 0 Å². The molecule has 26 heavy (non-hydrogen) atoms. The summed E-state index contributed by atoms with van der Waals surface area (Å²) in [5.74, 6) is -2.67.